The van der Waals surface area contributed by atoms with Gasteiger partial charge in [-0.25, -0.2) is 18.4 Å². The van der Waals surface area contributed by atoms with Crippen LogP contribution in [-0.2, 0) is 10.0 Å². The van der Waals surface area contributed by atoms with Crippen LogP contribution in [0.4, 0.5) is 11.1 Å². The van der Waals surface area contributed by atoms with Gasteiger partial charge in [0.2, 0.25) is 5.95 Å². The molecule has 1 fully saturated rings. The van der Waals surface area contributed by atoms with Gasteiger partial charge >= 0.3 is 0 Å². The molecule has 10 heteroatoms. The predicted octanol–water partition coefficient (Wildman–Crippen LogP) is 3.78. The first kappa shape index (κ1) is 19.2. The van der Waals surface area contributed by atoms with E-state index in [4.69, 9.17) is 4.74 Å². The Hall–Kier alpha value is -2.82. The molecule has 0 radical (unpaired) electrons. The van der Waals surface area contributed by atoms with Crippen LogP contribution in [0.3, 0.4) is 0 Å². The normalized spacial score (nSPS) is 15.1. The maximum Gasteiger partial charge on any atom is 0.261 e. The summed E-state index contributed by atoms with van der Waals surface area (Å²) in [6.45, 7) is 1.01. The quantitative estimate of drug-likeness (QED) is 0.471. The summed E-state index contributed by atoms with van der Waals surface area (Å²) in [5.41, 5.74) is 1.35. The van der Waals surface area contributed by atoms with Gasteiger partial charge in [-0.3, -0.25) is 5.32 Å². The summed E-state index contributed by atoms with van der Waals surface area (Å²) < 4.78 is 34.4. The van der Waals surface area contributed by atoms with Crippen molar-refractivity contribution in [2.45, 2.75) is 17.9 Å². The molecule has 8 nitrogen and oxygen atoms in total. The zero-order valence-electron chi connectivity index (χ0n) is 16.2. The Labute approximate surface area is 177 Å². The van der Waals surface area contributed by atoms with Crippen molar-refractivity contribution in [2.24, 2.45) is 0 Å². The van der Waals surface area contributed by atoms with E-state index in [0.29, 0.717) is 34.9 Å². The van der Waals surface area contributed by atoms with Gasteiger partial charge < -0.3 is 4.74 Å². The summed E-state index contributed by atoms with van der Waals surface area (Å²) in [6.07, 6.45) is 1.71. The first-order chi connectivity index (χ1) is 14.5. The van der Waals surface area contributed by atoms with Gasteiger partial charge in [-0.05, 0) is 37.1 Å². The number of nitrogens with one attached hydrogen (secondary N) is 1. The number of hydrogen-bond donors (Lipinski definition) is 1. The van der Waals surface area contributed by atoms with E-state index < -0.39 is 10.0 Å². The second-order valence-electron chi connectivity index (χ2n) is 6.96. The van der Waals surface area contributed by atoms with Crippen LogP contribution in [0, 0.1) is 0 Å². The maximum absolute atomic E-state index is 13.3. The average molecular weight is 442 g/mol. The molecule has 0 unspecified atom stereocenters. The van der Waals surface area contributed by atoms with E-state index in [0.717, 1.165) is 23.1 Å². The van der Waals surface area contributed by atoms with Crippen LogP contribution in [-0.4, -0.2) is 47.9 Å². The molecule has 1 aliphatic heterocycles. The molecule has 154 valence electrons. The van der Waals surface area contributed by atoms with Gasteiger partial charge in [-0.2, -0.15) is 9.29 Å². The van der Waals surface area contributed by atoms with E-state index in [-0.39, 0.29) is 11.0 Å². The van der Waals surface area contributed by atoms with Crippen molar-refractivity contribution >= 4 is 53.6 Å². The van der Waals surface area contributed by atoms with Gasteiger partial charge in [0.1, 0.15) is 5.75 Å². The molecule has 1 N–H and O–H groups in total. The lowest BCUT2D eigenvalue weighted by atomic mass is 10.2. The Morgan fingerprint density at radius 2 is 1.83 bits per heavy atom. The second-order valence-corrected chi connectivity index (χ2v) is 9.84. The maximum atomic E-state index is 13.3. The van der Waals surface area contributed by atoms with E-state index in [1.807, 2.05) is 24.3 Å². The molecule has 3 heterocycles. The van der Waals surface area contributed by atoms with Crippen LogP contribution in [0.5, 0.6) is 5.75 Å². The number of nitrogens with zero attached hydrogens (tertiary/aromatic N) is 4. The van der Waals surface area contributed by atoms with E-state index in [9.17, 15) is 8.42 Å². The van der Waals surface area contributed by atoms with Crippen LogP contribution in [0.2, 0.25) is 0 Å². The van der Waals surface area contributed by atoms with E-state index >= 15 is 0 Å². The van der Waals surface area contributed by atoms with Gasteiger partial charge in [0.25, 0.3) is 10.0 Å². The highest BCUT2D eigenvalue weighted by atomic mass is 32.2. The summed E-state index contributed by atoms with van der Waals surface area (Å²) in [5, 5.41) is 4.16. The fourth-order valence-electron chi connectivity index (χ4n) is 3.53. The highest BCUT2D eigenvalue weighted by Crippen LogP contribution is 2.31. The fraction of sp³-hybridized carbons (Fsp3) is 0.250. The van der Waals surface area contributed by atoms with Crippen molar-refractivity contribution in [3.05, 3.63) is 42.5 Å². The first-order valence-corrected chi connectivity index (χ1v) is 11.8. The molecular formula is C20H19N5O3S2. The molecular weight excluding hydrogens is 422 g/mol. The molecule has 1 aliphatic rings. The third-order valence-corrected chi connectivity index (χ3v) is 7.83. The Kier molecular flexibility index (Phi) is 4.76. The standard InChI is InChI=1S/C20H19N5O3S2/c1-28-13-8-9-14-16(12-13)21-19(23-18(14)30(26,27)25-10-4-5-11-25)24-20-22-15-6-2-3-7-17(15)29-20/h2-3,6-9,12H,4-5,10-11H2,1H3,(H,21,22,23,24). The number of fused-ring (bicyclic) bond motifs is 2. The minimum absolute atomic E-state index is 0.000615. The number of thiazole rings is 1. The van der Waals surface area contributed by atoms with Crippen LogP contribution in [0.15, 0.2) is 47.5 Å². The lowest BCUT2D eigenvalue weighted by Crippen LogP contribution is -2.29. The van der Waals surface area contributed by atoms with Crippen molar-refractivity contribution < 1.29 is 13.2 Å². The van der Waals surface area contributed by atoms with Crippen molar-refractivity contribution in [2.75, 3.05) is 25.5 Å². The first-order valence-electron chi connectivity index (χ1n) is 9.53. The number of hydrogen-bond acceptors (Lipinski definition) is 8. The molecule has 0 spiro atoms. The molecule has 2 aromatic heterocycles. The van der Waals surface area contributed by atoms with E-state index in [1.54, 1.807) is 25.3 Å². The molecule has 0 bridgehead atoms. The number of rotatable bonds is 5. The smallest absolute Gasteiger partial charge is 0.261 e. The largest absolute Gasteiger partial charge is 0.497 e. The predicted molar refractivity (Wildman–Crippen MR) is 117 cm³/mol. The molecule has 0 aliphatic carbocycles. The molecule has 0 saturated carbocycles. The van der Waals surface area contributed by atoms with Crippen LogP contribution >= 0.6 is 11.3 Å². The summed E-state index contributed by atoms with van der Waals surface area (Å²) in [5.74, 6) is 0.782. The number of ether oxygens (including phenoxy) is 1. The fourth-order valence-corrected chi connectivity index (χ4v) is 6.03. The van der Waals surface area contributed by atoms with Gasteiger partial charge in [0, 0.05) is 24.5 Å². The molecule has 4 aromatic rings. The summed E-state index contributed by atoms with van der Waals surface area (Å²) in [7, 11) is -2.18. The SMILES string of the molecule is COc1ccc2c(S(=O)(=O)N3CCCC3)nc(Nc3nc4ccccc4s3)nc2c1. The Balaban J connectivity index is 1.64. The van der Waals surface area contributed by atoms with Gasteiger partial charge in [0.15, 0.2) is 10.2 Å². The highest BCUT2D eigenvalue weighted by molar-refractivity contribution is 7.89. The summed E-state index contributed by atoms with van der Waals surface area (Å²) in [4.78, 5) is 13.5. The van der Waals surface area contributed by atoms with Crippen molar-refractivity contribution in [3.8, 4) is 5.75 Å². The molecule has 0 atom stereocenters. The molecule has 1 saturated heterocycles. The second kappa shape index (κ2) is 7.46. The number of anilines is 2. The van der Waals surface area contributed by atoms with Crippen molar-refractivity contribution in [3.63, 3.8) is 0 Å². The van der Waals surface area contributed by atoms with E-state index in [2.05, 4.69) is 20.3 Å². The third-order valence-electron chi connectivity index (χ3n) is 5.03. The monoisotopic (exact) mass is 441 g/mol. The number of benzene rings is 2. The molecule has 2 aromatic carbocycles. The minimum atomic E-state index is -3.74. The number of aromatic nitrogens is 3. The topological polar surface area (TPSA) is 97.3 Å². The number of sulfonamides is 1. The highest BCUT2D eigenvalue weighted by Gasteiger charge is 2.31. The number of methoxy groups -OCH3 is 1. The lowest BCUT2D eigenvalue weighted by molar-refractivity contribution is 0.415. The van der Waals surface area contributed by atoms with Crippen LogP contribution < -0.4 is 10.1 Å². The molecule has 0 amide bonds. The van der Waals surface area contributed by atoms with Gasteiger partial charge in [-0.1, -0.05) is 23.5 Å². The molecule has 5 rings (SSSR count). The summed E-state index contributed by atoms with van der Waals surface area (Å²) >= 11 is 1.46. The van der Waals surface area contributed by atoms with E-state index in [1.165, 1.54) is 15.6 Å². The lowest BCUT2D eigenvalue weighted by Gasteiger charge is -2.17. The Morgan fingerprint density at radius 3 is 2.60 bits per heavy atom. The van der Waals surface area contributed by atoms with Gasteiger partial charge in [-0.15, -0.1) is 0 Å². The third kappa shape index (κ3) is 3.36. The van der Waals surface area contributed by atoms with Crippen molar-refractivity contribution in [1.82, 2.24) is 19.3 Å². The Bertz CT molecular complexity index is 1310. The zero-order chi connectivity index (χ0) is 20.7. The van der Waals surface area contributed by atoms with Crippen LogP contribution in [0.25, 0.3) is 21.1 Å². The summed E-state index contributed by atoms with van der Waals surface area (Å²) in [6, 6.07) is 12.9. The zero-order valence-corrected chi connectivity index (χ0v) is 17.8. The minimum Gasteiger partial charge on any atom is -0.497 e. The number of para-hydroxylation sites is 1. The Morgan fingerprint density at radius 1 is 1.03 bits per heavy atom. The van der Waals surface area contributed by atoms with Crippen LogP contribution in [0.1, 0.15) is 12.8 Å². The van der Waals surface area contributed by atoms with Gasteiger partial charge in [0.05, 0.1) is 22.8 Å². The molecule has 30 heavy (non-hydrogen) atoms. The average Bonchev–Trinajstić information content (AvgIpc) is 3.42. The van der Waals surface area contributed by atoms with Crippen molar-refractivity contribution in [1.29, 1.82) is 0 Å².